The van der Waals surface area contributed by atoms with Gasteiger partial charge in [0, 0.05) is 16.9 Å². The molecule has 5 nitrogen and oxygen atoms in total. The minimum atomic E-state index is -0.848. The molecule has 0 radical (unpaired) electrons. The number of nitrogens with zero attached hydrogens (tertiary/aromatic N) is 1. The smallest absolute Gasteiger partial charge is 0.319 e. The van der Waals surface area contributed by atoms with E-state index in [4.69, 9.17) is 4.74 Å². The normalized spacial score (nSPS) is 24.3. The molecule has 0 N–H and O–H groups in total. The molecule has 0 saturated carbocycles. The molecule has 1 fully saturated rings. The van der Waals surface area contributed by atoms with Crippen LogP contribution >= 0.6 is 0 Å². The number of hydrogen-bond donors (Lipinski definition) is 0. The van der Waals surface area contributed by atoms with Gasteiger partial charge in [-0.15, -0.1) is 0 Å². The molecule has 0 bridgehead atoms. The van der Waals surface area contributed by atoms with Gasteiger partial charge in [0.2, 0.25) is 11.8 Å². The van der Waals surface area contributed by atoms with Crippen LogP contribution in [0.15, 0.2) is 97.1 Å². The van der Waals surface area contributed by atoms with Gasteiger partial charge >= 0.3 is 5.97 Å². The SMILES string of the molecule is Cc1ccc2c(c1)OC(=O)[C@@H]1C2=C[C@H](c2ccccc2)[C@@H]2C(=O)N(c3cccc4ccccc34)C(=O)[C@H]12. The highest BCUT2D eigenvalue weighted by atomic mass is 16.5. The van der Waals surface area contributed by atoms with Gasteiger partial charge < -0.3 is 4.74 Å². The van der Waals surface area contributed by atoms with Crippen molar-refractivity contribution in [1.82, 2.24) is 0 Å². The van der Waals surface area contributed by atoms with Crippen LogP contribution in [0.3, 0.4) is 0 Å². The molecule has 4 aromatic carbocycles. The summed E-state index contributed by atoms with van der Waals surface area (Å²) in [6.07, 6.45) is 2.02. The van der Waals surface area contributed by atoms with Gasteiger partial charge in [0.15, 0.2) is 0 Å². The topological polar surface area (TPSA) is 63.7 Å². The summed E-state index contributed by atoms with van der Waals surface area (Å²) < 4.78 is 5.76. The maximum absolute atomic E-state index is 14.2. The number of ether oxygens (including phenoxy) is 1. The standard InChI is InChI=1S/C32H23NO4/c1-18-14-15-22-24-17-23(20-8-3-2-4-9-20)27-29(28(24)32(36)37-26(22)16-18)31(35)33(30(27)34)25-13-7-11-19-10-5-6-12-21(19)25/h2-17,23,27-29H,1H3/t23-,27+,28-,29+/m1/s1. The van der Waals surface area contributed by atoms with Gasteiger partial charge in [-0.3, -0.25) is 14.4 Å². The van der Waals surface area contributed by atoms with E-state index < -0.39 is 23.7 Å². The van der Waals surface area contributed by atoms with Crippen molar-refractivity contribution in [2.45, 2.75) is 12.8 Å². The Morgan fingerprint density at radius 2 is 1.49 bits per heavy atom. The van der Waals surface area contributed by atoms with Crippen LogP contribution in [-0.2, 0) is 14.4 Å². The first-order valence-electron chi connectivity index (χ1n) is 12.5. The summed E-state index contributed by atoms with van der Waals surface area (Å²) in [4.78, 5) is 43.1. The number of imide groups is 1. The van der Waals surface area contributed by atoms with Crippen molar-refractivity contribution in [3.8, 4) is 5.75 Å². The molecule has 7 rings (SSSR count). The quantitative estimate of drug-likeness (QED) is 0.209. The summed E-state index contributed by atoms with van der Waals surface area (Å²) in [5.74, 6) is -3.35. The molecular formula is C32H23NO4. The number of aryl methyl sites for hydroxylation is 1. The molecule has 37 heavy (non-hydrogen) atoms. The predicted molar refractivity (Wildman–Crippen MR) is 141 cm³/mol. The Hall–Kier alpha value is -4.51. The highest BCUT2D eigenvalue weighted by Crippen LogP contribution is 2.55. The molecule has 2 amide bonds. The molecule has 1 aliphatic carbocycles. The fourth-order valence-corrected chi connectivity index (χ4v) is 6.31. The van der Waals surface area contributed by atoms with Crippen LogP contribution in [0.1, 0.15) is 22.6 Å². The van der Waals surface area contributed by atoms with Crippen LogP contribution in [0.5, 0.6) is 5.75 Å². The summed E-state index contributed by atoms with van der Waals surface area (Å²) in [7, 11) is 0. The maximum atomic E-state index is 14.2. The lowest BCUT2D eigenvalue weighted by molar-refractivity contribution is -0.142. The van der Waals surface area contributed by atoms with Gasteiger partial charge in [-0.1, -0.05) is 84.9 Å². The van der Waals surface area contributed by atoms with E-state index in [1.807, 2.05) is 97.9 Å². The van der Waals surface area contributed by atoms with Gasteiger partial charge in [0.05, 0.1) is 23.4 Å². The van der Waals surface area contributed by atoms with E-state index in [0.717, 1.165) is 33.0 Å². The molecule has 2 aliphatic heterocycles. The third kappa shape index (κ3) is 3.13. The molecule has 4 atom stereocenters. The largest absolute Gasteiger partial charge is 0.425 e. The van der Waals surface area contributed by atoms with Crippen molar-refractivity contribution >= 4 is 39.8 Å². The molecule has 0 unspecified atom stereocenters. The summed E-state index contributed by atoms with van der Waals surface area (Å²) >= 11 is 0. The van der Waals surface area contributed by atoms with E-state index in [2.05, 4.69) is 0 Å². The number of amides is 2. The second kappa shape index (κ2) is 8.00. The van der Waals surface area contributed by atoms with Crippen LogP contribution in [-0.4, -0.2) is 17.8 Å². The first-order chi connectivity index (χ1) is 18.0. The average molecular weight is 486 g/mol. The monoisotopic (exact) mass is 485 g/mol. The van der Waals surface area contributed by atoms with Crippen molar-refractivity contribution in [1.29, 1.82) is 0 Å². The van der Waals surface area contributed by atoms with Gasteiger partial charge in [0.25, 0.3) is 0 Å². The number of carbonyl (C=O) groups excluding carboxylic acids is 3. The first-order valence-corrected chi connectivity index (χ1v) is 12.5. The zero-order valence-electron chi connectivity index (χ0n) is 20.1. The molecule has 0 spiro atoms. The Bertz CT molecular complexity index is 1650. The van der Waals surface area contributed by atoms with Crippen molar-refractivity contribution in [3.05, 3.63) is 114 Å². The van der Waals surface area contributed by atoms with E-state index in [-0.39, 0.29) is 17.7 Å². The second-order valence-corrected chi connectivity index (χ2v) is 10.0. The Kier molecular flexibility index (Phi) is 4.70. The van der Waals surface area contributed by atoms with E-state index in [0.29, 0.717) is 11.4 Å². The molecular weight excluding hydrogens is 462 g/mol. The van der Waals surface area contributed by atoms with Crippen LogP contribution in [0.25, 0.3) is 16.3 Å². The molecule has 180 valence electrons. The number of anilines is 1. The summed E-state index contributed by atoms with van der Waals surface area (Å²) in [5.41, 5.74) is 4.04. The van der Waals surface area contributed by atoms with E-state index in [1.54, 1.807) is 6.07 Å². The minimum absolute atomic E-state index is 0.280. The number of fused-ring (bicyclic) bond motifs is 6. The van der Waals surface area contributed by atoms with E-state index >= 15 is 0 Å². The lowest BCUT2D eigenvalue weighted by atomic mass is 9.64. The number of esters is 1. The number of benzene rings is 4. The molecule has 2 heterocycles. The van der Waals surface area contributed by atoms with Gasteiger partial charge in [-0.25, -0.2) is 4.90 Å². The first kappa shape index (κ1) is 21.7. The Morgan fingerprint density at radius 1 is 0.757 bits per heavy atom. The number of allylic oxidation sites excluding steroid dienone is 1. The molecule has 0 aromatic heterocycles. The third-order valence-corrected chi connectivity index (χ3v) is 7.94. The lowest BCUT2D eigenvalue weighted by Gasteiger charge is -2.38. The zero-order valence-corrected chi connectivity index (χ0v) is 20.1. The number of rotatable bonds is 2. The molecule has 4 aromatic rings. The highest BCUT2D eigenvalue weighted by Gasteiger charge is 2.60. The summed E-state index contributed by atoms with van der Waals surface area (Å²) in [6.45, 7) is 1.94. The van der Waals surface area contributed by atoms with Crippen LogP contribution < -0.4 is 9.64 Å². The zero-order chi connectivity index (χ0) is 25.3. The molecule has 5 heteroatoms. The average Bonchev–Trinajstić information content (AvgIpc) is 3.18. The summed E-state index contributed by atoms with van der Waals surface area (Å²) in [5, 5.41) is 1.76. The maximum Gasteiger partial charge on any atom is 0.319 e. The van der Waals surface area contributed by atoms with Gasteiger partial charge in [0.1, 0.15) is 5.75 Å². The number of carbonyl (C=O) groups is 3. The fraction of sp³-hybridized carbons (Fsp3) is 0.156. The summed E-state index contributed by atoms with van der Waals surface area (Å²) in [6, 6.07) is 28.8. The van der Waals surface area contributed by atoms with E-state index in [9.17, 15) is 14.4 Å². The van der Waals surface area contributed by atoms with Crippen molar-refractivity contribution < 1.29 is 19.1 Å². The fourth-order valence-electron chi connectivity index (χ4n) is 6.31. The third-order valence-electron chi connectivity index (χ3n) is 7.94. The van der Waals surface area contributed by atoms with Crippen LogP contribution in [0.4, 0.5) is 5.69 Å². The van der Waals surface area contributed by atoms with Crippen molar-refractivity contribution in [2.75, 3.05) is 4.90 Å². The Morgan fingerprint density at radius 3 is 2.32 bits per heavy atom. The van der Waals surface area contributed by atoms with Crippen molar-refractivity contribution in [3.63, 3.8) is 0 Å². The van der Waals surface area contributed by atoms with Gasteiger partial charge in [-0.05, 0) is 41.1 Å². The molecule has 1 saturated heterocycles. The molecule has 3 aliphatic rings. The lowest BCUT2D eigenvalue weighted by Crippen LogP contribution is -2.42. The van der Waals surface area contributed by atoms with Crippen LogP contribution in [0.2, 0.25) is 0 Å². The number of hydrogen-bond acceptors (Lipinski definition) is 4. The minimum Gasteiger partial charge on any atom is -0.425 e. The van der Waals surface area contributed by atoms with Gasteiger partial charge in [-0.2, -0.15) is 0 Å². The Balaban J connectivity index is 1.44. The predicted octanol–water partition coefficient (Wildman–Crippen LogP) is 5.67. The van der Waals surface area contributed by atoms with Crippen LogP contribution in [0, 0.1) is 24.7 Å². The Labute approximate surface area is 214 Å². The highest BCUT2D eigenvalue weighted by molar-refractivity contribution is 6.27. The second-order valence-electron chi connectivity index (χ2n) is 10.0. The van der Waals surface area contributed by atoms with E-state index in [1.165, 1.54) is 4.90 Å². The van der Waals surface area contributed by atoms with Crippen molar-refractivity contribution in [2.24, 2.45) is 17.8 Å².